The monoisotopic (exact) mass is 218 g/mol. The van der Waals surface area contributed by atoms with Gasteiger partial charge in [0.05, 0.1) is 12.8 Å². The normalized spacial score (nSPS) is 10.4. The number of hydrogen-bond acceptors (Lipinski definition) is 2. The third-order valence-electron chi connectivity index (χ3n) is 2.51. The van der Waals surface area contributed by atoms with Crippen LogP contribution in [0.5, 0.6) is 5.75 Å². The Morgan fingerprint density at radius 1 is 1.12 bits per heavy atom. The molecule has 0 aliphatic carbocycles. The third kappa shape index (κ3) is 1.74. The van der Waals surface area contributed by atoms with Gasteiger partial charge in [-0.2, -0.15) is 0 Å². The number of rotatable bonds is 2. The summed E-state index contributed by atoms with van der Waals surface area (Å²) in [5.41, 5.74) is 3.69. The number of ether oxygens (including phenoxy) is 1. The van der Waals surface area contributed by atoms with Crippen LogP contribution in [0.15, 0.2) is 23.0 Å². The van der Waals surface area contributed by atoms with E-state index >= 15 is 0 Å². The number of aromatic amines is 2. The highest BCUT2D eigenvalue weighted by atomic mass is 16.5. The Morgan fingerprint density at radius 2 is 1.88 bits per heavy atom. The second-order valence-electron chi connectivity index (χ2n) is 3.83. The zero-order valence-electron chi connectivity index (χ0n) is 9.55. The molecule has 0 amide bonds. The molecule has 16 heavy (non-hydrogen) atoms. The molecule has 2 rings (SSSR count). The summed E-state index contributed by atoms with van der Waals surface area (Å²) in [6.45, 7) is 4.00. The number of methoxy groups -OCH3 is 1. The van der Waals surface area contributed by atoms with Crippen LogP contribution in [0.2, 0.25) is 0 Å². The van der Waals surface area contributed by atoms with E-state index in [2.05, 4.69) is 10.2 Å². The van der Waals surface area contributed by atoms with Crippen molar-refractivity contribution in [2.24, 2.45) is 0 Å². The lowest BCUT2D eigenvalue weighted by Crippen LogP contribution is -1.94. The zero-order valence-corrected chi connectivity index (χ0v) is 9.55. The summed E-state index contributed by atoms with van der Waals surface area (Å²) in [4.78, 5) is 11.1. The van der Waals surface area contributed by atoms with E-state index in [4.69, 9.17) is 4.74 Å². The van der Waals surface area contributed by atoms with Gasteiger partial charge < -0.3 is 4.74 Å². The van der Waals surface area contributed by atoms with Gasteiger partial charge >= 0.3 is 0 Å². The van der Waals surface area contributed by atoms with Crippen molar-refractivity contribution in [2.45, 2.75) is 13.8 Å². The first-order valence-electron chi connectivity index (χ1n) is 5.05. The highest BCUT2D eigenvalue weighted by molar-refractivity contribution is 5.69. The van der Waals surface area contributed by atoms with Crippen molar-refractivity contribution in [1.82, 2.24) is 10.2 Å². The number of aromatic nitrogens is 2. The van der Waals surface area contributed by atoms with Gasteiger partial charge in [-0.1, -0.05) is 6.07 Å². The molecule has 1 heterocycles. The molecule has 1 aromatic carbocycles. The van der Waals surface area contributed by atoms with Crippen molar-refractivity contribution in [3.8, 4) is 17.0 Å². The first kappa shape index (κ1) is 10.5. The summed E-state index contributed by atoms with van der Waals surface area (Å²) in [5, 5.41) is 5.35. The molecule has 0 saturated carbocycles. The highest BCUT2D eigenvalue weighted by Crippen LogP contribution is 2.32. The Labute approximate surface area is 93.3 Å². The smallest absolute Gasteiger partial charge is 0.264 e. The molecule has 1 aromatic heterocycles. The molecule has 2 aromatic rings. The summed E-state index contributed by atoms with van der Waals surface area (Å²) in [6.07, 6.45) is 0. The highest BCUT2D eigenvalue weighted by Gasteiger charge is 2.11. The maximum Gasteiger partial charge on any atom is 0.264 e. The Kier molecular flexibility index (Phi) is 2.56. The van der Waals surface area contributed by atoms with Crippen LogP contribution < -0.4 is 10.3 Å². The van der Waals surface area contributed by atoms with E-state index in [0.29, 0.717) is 0 Å². The SMILES string of the molecule is COc1c(C)cc(C)cc1-c1cc(=O)[nH][nH]1. The third-order valence-corrected chi connectivity index (χ3v) is 2.51. The molecule has 84 valence electrons. The summed E-state index contributed by atoms with van der Waals surface area (Å²) in [7, 11) is 1.63. The van der Waals surface area contributed by atoms with Gasteiger partial charge in [0.1, 0.15) is 5.75 Å². The molecule has 4 heteroatoms. The fraction of sp³-hybridized carbons (Fsp3) is 0.250. The van der Waals surface area contributed by atoms with E-state index in [0.717, 1.165) is 28.1 Å². The molecule has 2 N–H and O–H groups in total. The Hall–Kier alpha value is -1.97. The van der Waals surface area contributed by atoms with Crippen LogP contribution in [0.4, 0.5) is 0 Å². The fourth-order valence-corrected chi connectivity index (χ4v) is 1.90. The lowest BCUT2D eigenvalue weighted by Gasteiger charge is -2.11. The molecule has 0 radical (unpaired) electrons. The van der Waals surface area contributed by atoms with Crippen LogP contribution in [0.25, 0.3) is 11.3 Å². The molecule has 0 atom stereocenters. The number of H-pyrrole nitrogens is 2. The summed E-state index contributed by atoms with van der Waals surface area (Å²) in [5.74, 6) is 0.792. The van der Waals surface area contributed by atoms with Gasteiger partial charge in [-0.25, -0.2) is 0 Å². The van der Waals surface area contributed by atoms with E-state index in [1.165, 1.54) is 6.07 Å². The minimum absolute atomic E-state index is 0.142. The Morgan fingerprint density at radius 3 is 2.44 bits per heavy atom. The van der Waals surface area contributed by atoms with Gasteiger partial charge in [0.15, 0.2) is 0 Å². The van der Waals surface area contributed by atoms with Gasteiger partial charge in [-0.05, 0) is 31.0 Å². The first-order valence-corrected chi connectivity index (χ1v) is 5.05. The summed E-state index contributed by atoms with van der Waals surface area (Å²) < 4.78 is 5.36. The van der Waals surface area contributed by atoms with Crippen molar-refractivity contribution < 1.29 is 4.74 Å². The maximum absolute atomic E-state index is 11.1. The van der Waals surface area contributed by atoms with E-state index in [9.17, 15) is 4.79 Å². The Balaban J connectivity index is 2.67. The van der Waals surface area contributed by atoms with Gasteiger partial charge in [-0.15, -0.1) is 0 Å². The summed E-state index contributed by atoms with van der Waals surface area (Å²) in [6, 6.07) is 5.56. The number of nitrogens with one attached hydrogen (secondary N) is 2. The standard InChI is InChI=1S/C12H14N2O2/c1-7-4-8(2)12(16-3)9(5-7)10-6-11(15)14-13-10/h4-6H,1-3H3,(H2,13,14,15). The van der Waals surface area contributed by atoms with Crippen molar-refractivity contribution in [3.63, 3.8) is 0 Å². The predicted octanol–water partition coefficient (Wildman–Crippen LogP) is 2.00. The largest absolute Gasteiger partial charge is 0.496 e. The van der Waals surface area contributed by atoms with Crippen LogP contribution in [-0.2, 0) is 0 Å². The number of hydrogen-bond donors (Lipinski definition) is 2. The van der Waals surface area contributed by atoms with E-state index in [-0.39, 0.29) is 5.56 Å². The van der Waals surface area contributed by atoms with Gasteiger partial charge in [0, 0.05) is 11.6 Å². The minimum atomic E-state index is -0.142. The molecule has 0 aliphatic heterocycles. The maximum atomic E-state index is 11.1. The van der Waals surface area contributed by atoms with Crippen LogP contribution >= 0.6 is 0 Å². The molecule has 4 nitrogen and oxygen atoms in total. The fourth-order valence-electron chi connectivity index (χ4n) is 1.90. The molecule has 0 saturated heterocycles. The molecular weight excluding hydrogens is 204 g/mol. The van der Waals surface area contributed by atoms with Crippen molar-refractivity contribution >= 4 is 0 Å². The molecular formula is C12H14N2O2. The lowest BCUT2D eigenvalue weighted by molar-refractivity contribution is 0.413. The van der Waals surface area contributed by atoms with Crippen LogP contribution in [-0.4, -0.2) is 17.3 Å². The van der Waals surface area contributed by atoms with E-state index in [1.54, 1.807) is 7.11 Å². The second-order valence-corrected chi connectivity index (χ2v) is 3.83. The average molecular weight is 218 g/mol. The van der Waals surface area contributed by atoms with E-state index < -0.39 is 0 Å². The van der Waals surface area contributed by atoms with Crippen LogP contribution in [0.3, 0.4) is 0 Å². The Bertz CT molecular complexity index is 567. The molecule has 0 spiro atoms. The average Bonchev–Trinajstić information content (AvgIpc) is 2.63. The lowest BCUT2D eigenvalue weighted by atomic mass is 10.0. The topological polar surface area (TPSA) is 57.9 Å². The quantitative estimate of drug-likeness (QED) is 0.809. The zero-order chi connectivity index (χ0) is 11.7. The predicted molar refractivity (Wildman–Crippen MR) is 62.9 cm³/mol. The van der Waals surface area contributed by atoms with Crippen molar-refractivity contribution in [3.05, 3.63) is 39.7 Å². The van der Waals surface area contributed by atoms with Crippen LogP contribution in [0, 0.1) is 13.8 Å². The molecule has 0 unspecified atom stereocenters. The first-order chi connectivity index (χ1) is 7.61. The van der Waals surface area contributed by atoms with Gasteiger partial charge in [0.2, 0.25) is 0 Å². The van der Waals surface area contributed by atoms with Crippen molar-refractivity contribution in [2.75, 3.05) is 7.11 Å². The van der Waals surface area contributed by atoms with Gasteiger partial charge in [0.25, 0.3) is 5.56 Å². The molecule has 0 aliphatic rings. The van der Waals surface area contributed by atoms with E-state index in [1.807, 2.05) is 26.0 Å². The van der Waals surface area contributed by atoms with Gasteiger partial charge in [-0.3, -0.25) is 15.0 Å². The second kappa shape index (κ2) is 3.89. The van der Waals surface area contributed by atoms with Crippen molar-refractivity contribution in [1.29, 1.82) is 0 Å². The summed E-state index contributed by atoms with van der Waals surface area (Å²) >= 11 is 0. The number of benzene rings is 1. The minimum Gasteiger partial charge on any atom is -0.496 e. The molecule has 0 fully saturated rings. The number of aryl methyl sites for hydroxylation is 2. The molecule has 0 bridgehead atoms. The van der Waals surface area contributed by atoms with Crippen LogP contribution in [0.1, 0.15) is 11.1 Å².